The molecule has 0 unspecified atom stereocenters. The van der Waals surface area contributed by atoms with E-state index in [9.17, 15) is 4.79 Å². The van der Waals surface area contributed by atoms with Gasteiger partial charge < -0.3 is 10.1 Å². The van der Waals surface area contributed by atoms with Crippen LogP contribution in [0.1, 0.15) is 38.3 Å². The molecule has 0 atom stereocenters. The van der Waals surface area contributed by atoms with Crippen LogP contribution in [0, 0.1) is 13.8 Å². The molecule has 0 saturated carbocycles. The minimum atomic E-state index is -0.178. The maximum atomic E-state index is 11.8. The van der Waals surface area contributed by atoms with Gasteiger partial charge in [0.2, 0.25) is 0 Å². The Bertz CT molecular complexity index is 425. The molecule has 0 aliphatic heterocycles. The van der Waals surface area contributed by atoms with Crippen LogP contribution in [0.4, 0.5) is 0 Å². The summed E-state index contributed by atoms with van der Waals surface area (Å²) in [6.45, 7) is 10.1. The summed E-state index contributed by atoms with van der Waals surface area (Å²) in [4.78, 5) is 11.8. The van der Waals surface area contributed by atoms with Gasteiger partial charge in [0.1, 0.15) is 5.75 Å². The van der Waals surface area contributed by atoms with E-state index >= 15 is 0 Å². The second-order valence-electron chi connectivity index (χ2n) is 5.34. The van der Waals surface area contributed by atoms with Crippen LogP contribution in [-0.2, 0) is 4.79 Å². The molecule has 0 bridgehead atoms. The standard InChI is InChI=1S/C15H23NO2/c1-6-15(4,5)16-14(17)10-18-13-9-11(2)7-8-12(13)3/h7-9H,6,10H2,1-5H3,(H,16,17). The highest BCUT2D eigenvalue weighted by atomic mass is 16.5. The first kappa shape index (κ1) is 14.6. The van der Waals surface area contributed by atoms with Crippen LogP contribution < -0.4 is 10.1 Å². The maximum Gasteiger partial charge on any atom is 0.258 e. The SMILES string of the molecule is CCC(C)(C)NC(=O)COc1cc(C)ccc1C. The number of hydrogen-bond donors (Lipinski definition) is 1. The van der Waals surface area contributed by atoms with Crippen molar-refractivity contribution in [1.29, 1.82) is 0 Å². The zero-order valence-electron chi connectivity index (χ0n) is 12.0. The van der Waals surface area contributed by atoms with E-state index in [4.69, 9.17) is 4.74 Å². The van der Waals surface area contributed by atoms with Gasteiger partial charge in [-0.1, -0.05) is 19.1 Å². The Balaban J connectivity index is 2.55. The van der Waals surface area contributed by atoms with Gasteiger partial charge in [-0.3, -0.25) is 4.79 Å². The Morgan fingerprint density at radius 1 is 1.33 bits per heavy atom. The molecule has 0 spiro atoms. The number of benzene rings is 1. The number of carbonyl (C=O) groups excluding carboxylic acids is 1. The van der Waals surface area contributed by atoms with Crippen molar-refractivity contribution in [3.05, 3.63) is 29.3 Å². The van der Waals surface area contributed by atoms with Crippen LogP contribution >= 0.6 is 0 Å². The smallest absolute Gasteiger partial charge is 0.258 e. The number of rotatable bonds is 5. The second kappa shape index (κ2) is 5.89. The molecule has 100 valence electrons. The predicted molar refractivity (Wildman–Crippen MR) is 73.9 cm³/mol. The molecule has 1 N–H and O–H groups in total. The monoisotopic (exact) mass is 249 g/mol. The molecular weight excluding hydrogens is 226 g/mol. The average molecular weight is 249 g/mol. The molecule has 1 amide bonds. The van der Waals surface area contributed by atoms with Gasteiger partial charge >= 0.3 is 0 Å². The fraction of sp³-hybridized carbons (Fsp3) is 0.533. The number of carbonyl (C=O) groups is 1. The summed E-state index contributed by atoms with van der Waals surface area (Å²) in [6.07, 6.45) is 0.891. The Morgan fingerprint density at radius 3 is 2.61 bits per heavy atom. The normalized spacial score (nSPS) is 11.2. The van der Waals surface area contributed by atoms with Crippen LogP contribution in [0.15, 0.2) is 18.2 Å². The number of nitrogens with one attached hydrogen (secondary N) is 1. The summed E-state index contributed by atoms with van der Waals surface area (Å²) in [5.74, 6) is 0.696. The van der Waals surface area contributed by atoms with E-state index in [1.165, 1.54) is 0 Å². The first-order valence-corrected chi connectivity index (χ1v) is 6.35. The molecule has 3 nitrogen and oxygen atoms in total. The molecule has 0 aliphatic rings. The fourth-order valence-corrected chi connectivity index (χ4v) is 1.51. The third-order valence-corrected chi connectivity index (χ3v) is 3.06. The first-order chi connectivity index (χ1) is 8.34. The van der Waals surface area contributed by atoms with Gasteiger partial charge in [-0.25, -0.2) is 0 Å². The topological polar surface area (TPSA) is 38.3 Å². The highest BCUT2D eigenvalue weighted by molar-refractivity contribution is 5.78. The van der Waals surface area contributed by atoms with E-state index in [0.717, 1.165) is 23.3 Å². The molecular formula is C15H23NO2. The number of aryl methyl sites for hydroxylation is 2. The lowest BCUT2D eigenvalue weighted by molar-refractivity contribution is -0.124. The van der Waals surface area contributed by atoms with Crippen molar-refractivity contribution in [1.82, 2.24) is 5.32 Å². The fourth-order valence-electron chi connectivity index (χ4n) is 1.51. The molecule has 1 aromatic carbocycles. The van der Waals surface area contributed by atoms with Crippen molar-refractivity contribution in [3.8, 4) is 5.75 Å². The summed E-state index contributed by atoms with van der Waals surface area (Å²) in [5, 5.41) is 2.95. The van der Waals surface area contributed by atoms with Crippen molar-refractivity contribution in [2.24, 2.45) is 0 Å². The van der Waals surface area contributed by atoms with Crippen molar-refractivity contribution in [3.63, 3.8) is 0 Å². The summed E-state index contributed by atoms with van der Waals surface area (Å²) in [7, 11) is 0. The minimum absolute atomic E-state index is 0.0632. The minimum Gasteiger partial charge on any atom is -0.483 e. The third kappa shape index (κ3) is 4.40. The third-order valence-electron chi connectivity index (χ3n) is 3.06. The highest BCUT2D eigenvalue weighted by Gasteiger charge is 2.18. The summed E-state index contributed by atoms with van der Waals surface area (Å²) < 4.78 is 5.56. The van der Waals surface area contributed by atoms with Gasteiger partial charge in [-0.05, 0) is 51.3 Å². The Kier molecular flexibility index (Phi) is 4.76. The van der Waals surface area contributed by atoms with Crippen LogP contribution in [0.25, 0.3) is 0 Å². The van der Waals surface area contributed by atoms with E-state index < -0.39 is 0 Å². The molecule has 0 aliphatic carbocycles. The molecule has 0 aromatic heterocycles. The van der Waals surface area contributed by atoms with Gasteiger partial charge in [-0.15, -0.1) is 0 Å². The van der Waals surface area contributed by atoms with E-state index in [-0.39, 0.29) is 18.1 Å². The van der Waals surface area contributed by atoms with Crippen molar-refractivity contribution < 1.29 is 9.53 Å². The Hall–Kier alpha value is -1.51. The van der Waals surface area contributed by atoms with Crippen LogP contribution in [0.3, 0.4) is 0 Å². The van der Waals surface area contributed by atoms with Gasteiger partial charge in [0, 0.05) is 5.54 Å². The number of hydrogen-bond acceptors (Lipinski definition) is 2. The lowest BCUT2D eigenvalue weighted by Gasteiger charge is -2.24. The predicted octanol–water partition coefficient (Wildman–Crippen LogP) is 2.99. The van der Waals surface area contributed by atoms with Gasteiger partial charge in [-0.2, -0.15) is 0 Å². The Labute approximate surface area is 110 Å². The zero-order chi connectivity index (χ0) is 13.8. The molecule has 0 heterocycles. The van der Waals surface area contributed by atoms with Crippen molar-refractivity contribution in [2.45, 2.75) is 46.6 Å². The second-order valence-corrected chi connectivity index (χ2v) is 5.34. The Morgan fingerprint density at radius 2 is 2.00 bits per heavy atom. The first-order valence-electron chi connectivity index (χ1n) is 6.35. The van der Waals surface area contributed by atoms with Crippen molar-refractivity contribution >= 4 is 5.91 Å². The summed E-state index contributed by atoms with van der Waals surface area (Å²) >= 11 is 0. The van der Waals surface area contributed by atoms with E-state index in [1.807, 2.05) is 52.8 Å². The summed E-state index contributed by atoms with van der Waals surface area (Å²) in [5.41, 5.74) is 2.00. The molecule has 0 saturated heterocycles. The van der Waals surface area contributed by atoms with E-state index in [2.05, 4.69) is 5.32 Å². The molecule has 0 fully saturated rings. The van der Waals surface area contributed by atoms with E-state index in [1.54, 1.807) is 0 Å². The quantitative estimate of drug-likeness (QED) is 0.871. The van der Waals surface area contributed by atoms with E-state index in [0.29, 0.717) is 0 Å². The average Bonchev–Trinajstić information content (AvgIpc) is 2.30. The van der Waals surface area contributed by atoms with Crippen LogP contribution in [0.2, 0.25) is 0 Å². The highest BCUT2D eigenvalue weighted by Crippen LogP contribution is 2.19. The number of amides is 1. The maximum absolute atomic E-state index is 11.8. The zero-order valence-corrected chi connectivity index (χ0v) is 12.0. The van der Waals surface area contributed by atoms with Crippen LogP contribution in [-0.4, -0.2) is 18.1 Å². The van der Waals surface area contributed by atoms with Gasteiger partial charge in [0.15, 0.2) is 6.61 Å². The molecule has 3 heteroatoms. The van der Waals surface area contributed by atoms with Gasteiger partial charge in [0.05, 0.1) is 0 Å². The van der Waals surface area contributed by atoms with Crippen LogP contribution in [0.5, 0.6) is 5.75 Å². The molecule has 0 radical (unpaired) electrons. The lowest BCUT2D eigenvalue weighted by atomic mass is 10.0. The molecule has 1 rings (SSSR count). The molecule has 1 aromatic rings. The summed E-state index contributed by atoms with van der Waals surface area (Å²) in [6, 6.07) is 5.98. The van der Waals surface area contributed by atoms with Gasteiger partial charge in [0.25, 0.3) is 5.91 Å². The lowest BCUT2D eigenvalue weighted by Crippen LogP contribution is -2.44. The largest absolute Gasteiger partial charge is 0.483 e. The number of ether oxygens (including phenoxy) is 1. The van der Waals surface area contributed by atoms with Crippen molar-refractivity contribution in [2.75, 3.05) is 6.61 Å². The molecule has 18 heavy (non-hydrogen) atoms.